The Balaban J connectivity index is 3.97. The van der Waals surface area contributed by atoms with Crippen molar-refractivity contribution in [2.45, 2.75) is 399 Å². The number of likely N-dealkylation sites (N-methyl/N-ethyl adjacent to an activating group) is 1. The number of aliphatic carboxylic acids is 1. The van der Waals surface area contributed by atoms with Crippen molar-refractivity contribution in [1.82, 2.24) is 0 Å². The average molecular weight is 1380 g/mol. The first-order valence-corrected chi connectivity index (χ1v) is 42.1. The van der Waals surface area contributed by atoms with Crippen LogP contribution in [-0.4, -0.2) is 87.4 Å². The Morgan fingerprint density at radius 2 is 0.576 bits per heavy atom. The van der Waals surface area contributed by atoms with Gasteiger partial charge in [0.1, 0.15) is 13.2 Å². The normalized spacial score (nSPS) is 13.2. The van der Waals surface area contributed by atoms with E-state index in [0.29, 0.717) is 23.9 Å². The lowest BCUT2D eigenvalue weighted by Gasteiger charge is -2.25. The first-order valence-electron chi connectivity index (χ1n) is 42.1. The van der Waals surface area contributed by atoms with Crippen LogP contribution in [0.3, 0.4) is 0 Å². The van der Waals surface area contributed by atoms with Crippen LogP contribution in [0.1, 0.15) is 386 Å². The zero-order valence-electron chi connectivity index (χ0n) is 65.6. The second-order valence-electron chi connectivity index (χ2n) is 29.4. The predicted octanol–water partition coefficient (Wildman–Crippen LogP) is 27.3. The molecule has 99 heavy (non-hydrogen) atoms. The number of hydrogen-bond acceptors (Lipinski definition) is 7. The average Bonchev–Trinajstić information content (AvgIpc) is 1.57. The lowest BCUT2D eigenvalue weighted by Crippen LogP contribution is -2.40. The van der Waals surface area contributed by atoms with Crippen molar-refractivity contribution in [3.05, 3.63) is 109 Å². The minimum Gasteiger partial charge on any atom is -0.477 e. The Hall–Kier alpha value is -4.05. The molecule has 0 amide bonds. The largest absolute Gasteiger partial charge is 0.477 e. The minimum absolute atomic E-state index is 0.184. The second-order valence-corrected chi connectivity index (χ2v) is 29.4. The molecular weight excluding hydrogens is 1220 g/mol. The maximum absolute atomic E-state index is 13.0. The molecule has 0 aliphatic rings. The van der Waals surface area contributed by atoms with Crippen LogP contribution >= 0.6 is 0 Å². The highest BCUT2D eigenvalue weighted by Crippen LogP contribution is 2.19. The molecule has 0 saturated heterocycles. The summed E-state index contributed by atoms with van der Waals surface area (Å²) in [6.07, 6.45) is 110. The van der Waals surface area contributed by atoms with Crippen molar-refractivity contribution in [2.24, 2.45) is 0 Å². The van der Waals surface area contributed by atoms with Crippen LogP contribution in [0.4, 0.5) is 0 Å². The third-order valence-electron chi connectivity index (χ3n) is 18.5. The first kappa shape index (κ1) is 94.9. The molecule has 0 saturated carbocycles. The number of carboxylic acids is 1. The zero-order valence-corrected chi connectivity index (χ0v) is 65.6. The first-order chi connectivity index (χ1) is 48.6. The second kappa shape index (κ2) is 79.6. The van der Waals surface area contributed by atoms with E-state index in [0.717, 1.165) is 96.3 Å². The van der Waals surface area contributed by atoms with Gasteiger partial charge in [-0.15, -0.1) is 0 Å². The summed E-state index contributed by atoms with van der Waals surface area (Å²) in [5.74, 6) is -1.99. The van der Waals surface area contributed by atoms with Crippen LogP contribution in [0.2, 0.25) is 0 Å². The highest BCUT2D eigenvalue weighted by atomic mass is 16.7. The molecule has 0 radical (unpaired) electrons. The van der Waals surface area contributed by atoms with Crippen LogP contribution < -0.4 is 0 Å². The van der Waals surface area contributed by atoms with Crippen molar-refractivity contribution in [3.63, 3.8) is 0 Å². The van der Waals surface area contributed by atoms with E-state index in [1.54, 1.807) is 0 Å². The number of quaternary nitrogens is 1. The van der Waals surface area contributed by atoms with Gasteiger partial charge in [-0.1, -0.05) is 380 Å². The molecule has 572 valence electrons. The molecule has 0 aromatic rings. The van der Waals surface area contributed by atoms with E-state index in [1.807, 2.05) is 21.1 Å². The van der Waals surface area contributed by atoms with Gasteiger partial charge >= 0.3 is 17.9 Å². The molecule has 0 aromatic heterocycles. The smallest absolute Gasteiger partial charge is 0.361 e. The summed E-state index contributed by atoms with van der Waals surface area (Å²) in [5, 5.41) is 9.78. The number of carboxylic acid groups (broad SMARTS) is 1. The van der Waals surface area contributed by atoms with Crippen molar-refractivity contribution < 1.29 is 42.9 Å². The quantitative estimate of drug-likeness (QED) is 0.0211. The molecule has 0 heterocycles. The SMILES string of the molecule is CC/C=C\C/C=C\C/C=C\C/C=C\C/C=C\C/C=C\C/C=C\CCCCCCCCCCCCCC(=O)OC(COC(=O)CCCCCCCCCCCCCCCCCCCCCCCCCCCCCCC/C=C\C/C=C\CCCCCCC)COC(OCC[N+](C)(C)C)C(=O)O. The standard InChI is InChI=1S/C90H159NO8/c1-6-8-10-12-14-16-18-20-22-24-26-28-30-32-34-36-38-40-41-42-43-44-45-46-47-49-50-52-54-56-58-60-62-64-66-68-70-72-74-76-78-80-87(92)97-84-86(85-98-90(89(94)95)96-83-82-91(3,4)5)99-88(93)81-79-77-75-73-71-69-67-65-63-61-59-57-55-53-51-48-39-37-35-33-31-29-27-25-23-21-19-17-15-13-11-9-7-2/h9,11,15,17-18,20-21,23-24,26-27,29,33,35,39,48,53,55,86,90H,6-8,10,12-14,16,19,22,25,28,30-32,34,36-38,40-47,49-52,54,56-85H2,1-5H3/p+1/b11-9-,17-15-,20-18-,23-21-,26-24-,29-27-,35-33-,48-39-,55-53-. The van der Waals surface area contributed by atoms with Gasteiger partial charge in [0.25, 0.3) is 6.29 Å². The molecular formula is C90H160NO8+. The summed E-state index contributed by atoms with van der Waals surface area (Å²) in [6.45, 7) is 4.79. The van der Waals surface area contributed by atoms with E-state index in [1.165, 1.54) is 257 Å². The molecule has 0 fully saturated rings. The molecule has 0 aliphatic carbocycles. The topological polar surface area (TPSA) is 108 Å². The summed E-state index contributed by atoms with van der Waals surface area (Å²) in [7, 11) is 5.99. The lowest BCUT2D eigenvalue weighted by atomic mass is 10.0. The molecule has 1 N–H and O–H groups in total. The van der Waals surface area contributed by atoms with Gasteiger partial charge in [0.2, 0.25) is 0 Å². The summed E-state index contributed by atoms with van der Waals surface area (Å²) in [5.41, 5.74) is 0. The number of allylic oxidation sites excluding steroid dienone is 18. The Kier molecular flexibility index (Phi) is 76.4. The van der Waals surface area contributed by atoms with Gasteiger partial charge in [-0.2, -0.15) is 0 Å². The fourth-order valence-corrected chi connectivity index (χ4v) is 12.1. The van der Waals surface area contributed by atoms with Crippen LogP contribution in [0.25, 0.3) is 0 Å². The number of carbonyl (C=O) groups excluding carboxylic acids is 2. The molecule has 9 heteroatoms. The van der Waals surface area contributed by atoms with Gasteiger partial charge in [-0.05, 0) is 103 Å². The van der Waals surface area contributed by atoms with Crippen molar-refractivity contribution in [1.29, 1.82) is 0 Å². The van der Waals surface area contributed by atoms with Crippen molar-refractivity contribution in [2.75, 3.05) is 47.5 Å². The molecule has 9 nitrogen and oxygen atoms in total. The van der Waals surface area contributed by atoms with E-state index in [2.05, 4.69) is 123 Å². The van der Waals surface area contributed by atoms with Gasteiger partial charge < -0.3 is 28.5 Å². The predicted molar refractivity (Wildman–Crippen MR) is 428 cm³/mol. The fraction of sp³-hybridized carbons (Fsp3) is 0.767. The summed E-state index contributed by atoms with van der Waals surface area (Å²) in [6, 6.07) is 0. The van der Waals surface area contributed by atoms with Gasteiger partial charge in [0.15, 0.2) is 6.10 Å². The highest BCUT2D eigenvalue weighted by Gasteiger charge is 2.25. The number of ether oxygens (including phenoxy) is 4. The summed E-state index contributed by atoms with van der Waals surface area (Å²) >= 11 is 0. The molecule has 2 unspecified atom stereocenters. The molecule has 0 rings (SSSR count). The number of carbonyl (C=O) groups is 3. The molecule has 0 bridgehead atoms. The maximum Gasteiger partial charge on any atom is 0.361 e. The molecule has 0 spiro atoms. The van der Waals surface area contributed by atoms with Crippen LogP contribution in [0.5, 0.6) is 0 Å². The Morgan fingerprint density at radius 1 is 0.313 bits per heavy atom. The van der Waals surface area contributed by atoms with Crippen molar-refractivity contribution >= 4 is 17.9 Å². The molecule has 2 atom stereocenters. The fourth-order valence-electron chi connectivity index (χ4n) is 12.1. The third-order valence-corrected chi connectivity index (χ3v) is 18.5. The van der Waals surface area contributed by atoms with Gasteiger partial charge in [0, 0.05) is 12.8 Å². The van der Waals surface area contributed by atoms with E-state index in [-0.39, 0.29) is 32.2 Å². The maximum atomic E-state index is 13.0. The Labute approximate surface area is 613 Å². The number of rotatable bonds is 78. The monoisotopic (exact) mass is 1380 g/mol. The van der Waals surface area contributed by atoms with Crippen molar-refractivity contribution in [3.8, 4) is 0 Å². The lowest BCUT2D eigenvalue weighted by molar-refractivity contribution is -0.870. The number of esters is 2. The van der Waals surface area contributed by atoms with Crippen LogP contribution in [-0.2, 0) is 33.3 Å². The van der Waals surface area contributed by atoms with Gasteiger partial charge in [-0.25, -0.2) is 4.79 Å². The number of hydrogen-bond donors (Lipinski definition) is 1. The summed E-state index contributed by atoms with van der Waals surface area (Å²) < 4.78 is 23.1. The Bertz CT molecular complexity index is 2000. The van der Waals surface area contributed by atoms with Crippen LogP contribution in [0.15, 0.2) is 109 Å². The number of nitrogens with zero attached hydrogens (tertiary/aromatic N) is 1. The molecule has 0 aromatic carbocycles. The van der Waals surface area contributed by atoms with Gasteiger partial charge in [-0.3, -0.25) is 9.59 Å². The molecule has 0 aliphatic heterocycles. The third kappa shape index (κ3) is 81.1. The van der Waals surface area contributed by atoms with E-state index in [4.69, 9.17) is 18.9 Å². The van der Waals surface area contributed by atoms with E-state index < -0.39 is 24.3 Å². The minimum atomic E-state index is -1.52. The van der Waals surface area contributed by atoms with Gasteiger partial charge in [0.05, 0.1) is 34.4 Å². The zero-order chi connectivity index (χ0) is 71.8. The van der Waals surface area contributed by atoms with Crippen LogP contribution in [0, 0.1) is 0 Å². The Morgan fingerprint density at radius 3 is 0.859 bits per heavy atom. The van der Waals surface area contributed by atoms with E-state index in [9.17, 15) is 19.5 Å². The highest BCUT2D eigenvalue weighted by molar-refractivity contribution is 5.71. The van der Waals surface area contributed by atoms with E-state index >= 15 is 0 Å². The number of unbranched alkanes of at least 4 members (excludes halogenated alkanes) is 45. The summed E-state index contributed by atoms with van der Waals surface area (Å²) in [4.78, 5) is 37.8.